The van der Waals surface area contributed by atoms with Crippen LogP contribution in [0.2, 0.25) is 5.02 Å². The van der Waals surface area contributed by atoms with Gasteiger partial charge >= 0.3 is 5.69 Å². The van der Waals surface area contributed by atoms with Gasteiger partial charge in [0.25, 0.3) is 0 Å². The Morgan fingerprint density at radius 1 is 1.21 bits per heavy atom. The van der Waals surface area contributed by atoms with Crippen LogP contribution in [0.1, 0.15) is 5.56 Å². The number of rotatable bonds is 3. The van der Waals surface area contributed by atoms with Gasteiger partial charge in [0.1, 0.15) is 5.75 Å². The third kappa shape index (κ3) is 3.00. The van der Waals surface area contributed by atoms with E-state index in [1.807, 2.05) is 6.07 Å². The van der Waals surface area contributed by atoms with Crippen LogP contribution in [-0.2, 0) is 0 Å². The summed E-state index contributed by atoms with van der Waals surface area (Å²) in [5, 5.41) is 19.9. The van der Waals surface area contributed by atoms with Crippen LogP contribution >= 0.6 is 11.6 Å². The van der Waals surface area contributed by atoms with Gasteiger partial charge in [0.2, 0.25) is 5.75 Å². The summed E-state index contributed by atoms with van der Waals surface area (Å²) in [4.78, 5) is 10.3. The molecule has 0 saturated heterocycles. The SMILES string of the molecule is N#Cc1ccc(Oc2cc(Cl)ccc2[N+](=O)[O-])cc1. The maximum absolute atomic E-state index is 10.9. The second-order valence-corrected chi connectivity index (χ2v) is 4.04. The molecule has 2 rings (SSSR count). The first-order valence-corrected chi connectivity index (χ1v) is 5.60. The van der Waals surface area contributed by atoms with E-state index in [9.17, 15) is 10.1 Å². The third-order valence-electron chi connectivity index (χ3n) is 2.33. The lowest BCUT2D eigenvalue weighted by atomic mass is 10.2. The molecule has 0 aliphatic rings. The maximum Gasteiger partial charge on any atom is 0.311 e. The maximum atomic E-state index is 10.9. The fourth-order valence-electron chi connectivity index (χ4n) is 1.45. The highest BCUT2D eigenvalue weighted by Gasteiger charge is 2.16. The number of hydrogen-bond donors (Lipinski definition) is 0. The van der Waals surface area contributed by atoms with Crippen molar-refractivity contribution in [1.29, 1.82) is 5.26 Å². The van der Waals surface area contributed by atoms with Crippen LogP contribution in [-0.4, -0.2) is 4.92 Å². The standard InChI is InChI=1S/C13H7ClN2O3/c14-10-3-6-12(16(17)18)13(7-10)19-11-4-1-9(8-15)2-5-11/h1-7H. The Labute approximate surface area is 113 Å². The van der Waals surface area contributed by atoms with E-state index in [0.29, 0.717) is 16.3 Å². The number of hydrogen-bond acceptors (Lipinski definition) is 4. The summed E-state index contributed by atoms with van der Waals surface area (Å²) in [6, 6.07) is 12.3. The molecular weight excluding hydrogens is 268 g/mol. The zero-order valence-electron chi connectivity index (χ0n) is 9.54. The average Bonchev–Trinajstić information content (AvgIpc) is 2.39. The summed E-state index contributed by atoms with van der Waals surface area (Å²) in [7, 11) is 0. The molecule has 6 heteroatoms. The Kier molecular flexibility index (Phi) is 3.64. The fraction of sp³-hybridized carbons (Fsp3) is 0. The summed E-state index contributed by atoms with van der Waals surface area (Å²) in [5.74, 6) is 0.451. The summed E-state index contributed by atoms with van der Waals surface area (Å²) in [6.07, 6.45) is 0. The van der Waals surface area contributed by atoms with Gasteiger partial charge in [0, 0.05) is 17.2 Å². The molecule has 19 heavy (non-hydrogen) atoms. The third-order valence-corrected chi connectivity index (χ3v) is 2.56. The van der Waals surface area contributed by atoms with Crippen molar-refractivity contribution < 1.29 is 9.66 Å². The van der Waals surface area contributed by atoms with E-state index < -0.39 is 4.92 Å². The summed E-state index contributed by atoms with van der Waals surface area (Å²) in [6.45, 7) is 0. The van der Waals surface area contributed by atoms with Gasteiger partial charge in [-0.3, -0.25) is 10.1 Å². The minimum Gasteiger partial charge on any atom is -0.450 e. The van der Waals surface area contributed by atoms with Crippen molar-refractivity contribution in [2.24, 2.45) is 0 Å². The zero-order valence-corrected chi connectivity index (χ0v) is 10.3. The molecule has 0 N–H and O–H groups in total. The molecule has 0 atom stereocenters. The lowest BCUT2D eigenvalue weighted by Crippen LogP contribution is -1.93. The Hall–Kier alpha value is -2.58. The molecular formula is C13H7ClN2O3. The van der Waals surface area contributed by atoms with Crippen LogP contribution in [0, 0.1) is 21.4 Å². The molecule has 0 spiro atoms. The number of nitro benzene ring substituents is 1. The Balaban J connectivity index is 2.34. The smallest absolute Gasteiger partial charge is 0.311 e. The predicted octanol–water partition coefficient (Wildman–Crippen LogP) is 3.91. The monoisotopic (exact) mass is 274 g/mol. The van der Waals surface area contributed by atoms with Crippen molar-refractivity contribution in [3.63, 3.8) is 0 Å². The Morgan fingerprint density at radius 2 is 1.89 bits per heavy atom. The van der Waals surface area contributed by atoms with Crippen molar-refractivity contribution >= 4 is 17.3 Å². The van der Waals surface area contributed by atoms with Crippen molar-refractivity contribution in [3.05, 3.63) is 63.2 Å². The molecule has 5 nitrogen and oxygen atoms in total. The number of halogens is 1. The fourth-order valence-corrected chi connectivity index (χ4v) is 1.61. The first-order valence-electron chi connectivity index (χ1n) is 5.22. The average molecular weight is 275 g/mol. The minimum absolute atomic E-state index is 0.0576. The van der Waals surface area contributed by atoms with Gasteiger partial charge in [-0.05, 0) is 30.3 Å². The minimum atomic E-state index is -0.546. The van der Waals surface area contributed by atoms with Gasteiger partial charge in [-0.1, -0.05) is 11.6 Å². The second-order valence-electron chi connectivity index (χ2n) is 3.61. The number of nitrogens with zero attached hydrogens (tertiary/aromatic N) is 2. The predicted molar refractivity (Wildman–Crippen MR) is 69.3 cm³/mol. The molecule has 0 amide bonds. The molecule has 0 bridgehead atoms. The van der Waals surface area contributed by atoms with Crippen molar-refractivity contribution in [1.82, 2.24) is 0 Å². The summed E-state index contributed by atoms with van der Waals surface area (Å²) in [5.41, 5.74) is 0.307. The lowest BCUT2D eigenvalue weighted by molar-refractivity contribution is -0.385. The highest BCUT2D eigenvalue weighted by molar-refractivity contribution is 6.30. The van der Waals surface area contributed by atoms with E-state index in [-0.39, 0.29) is 11.4 Å². The largest absolute Gasteiger partial charge is 0.450 e. The molecule has 0 radical (unpaired) electrons. The molecule has 0 aliphatic heterocycles. The molecule has 2 aromatic carbocycles. The van der Waals surface area contributed by atoms with E-state index in [2.05, 4.69) is 0 Å². The van der Waals surface area contributed by atoms with Crippen LogP contribution in [0.4, 0.5) is 5.69 Å². The van der Waals surface area contributed by atoms with Gasteiger partial charge < -0.3 is 4.74 Å². The highest BCUT2D eigenvalue weighted by atomic mass is 35.5. The van der Waals surface area contributed by atoms with Crippen LogP contribution in [0.15, 0.2) is 42.5 Å². The van der Waals surface area contributed by atoms with Crippen molar-refractivity contribution in [2.45, 2.75) is 0 Å². The normalized spacial score (nSPS) is 9.68. The molecule has 0 aliphatic carbocycles. The molecule has 0 heterocycles. The Bertz CT molecular complexity index is 663. The molecule has 0 unspecified atom stereocenters. The van der Waals surface area contributed by atoms with Gasteiger partial charge in [0.15, 0.2) is 0 Å². The Morgan fingerprint density at radius 3 is 2.47 bits per heavy atom. The van der Waals surface area contributed by atoms with Gasteiger partial charge in [-0.15, -0.1) is 0 Å². The number of benzene rings is 2. The molecule has 0 fully saturated rings. The van der Waals surface area contributed by atoms with E-state index in [1.54, 1.807) is 24.3 Å². The molecule has 0 aromatic heterocycles. The summed E-state index contributed by atoms with van der Waals surface area (Å²) >= 11 is 5.79. The summed E-state index contributed by atoms with van der Waals surface area (Å²) < 4.78 is 5.42. The van der Waals surface area contributed by atoms with E-state index in [0.717, 1.165) is 0 Å². The van der Waals surface area contributed by atoms with E-state index >= 15 is 0 Å². The van der Waals surface area contributed by atoms with E-state index in [1.165, 1.54) is 18.2 Å². The molecule has 94 valence electrons. The number of ether oxygens (including phenoxy) is 1. The highest BCUT2D eigenvalue weighted by Crippen LogP contribution is 2.33. The topological polar surface area (TPSA) is 76.2 Å². The second kappa shape index (κ2) is 5.38. The van der Waals surface area contributed by atoms with Gasteiger partial charge in [0.05, 0.1) is 16.6 Å². The zero-order chi connectivity index (χ0) is 13.8. The van der Waals surface area contributed by atoms with E-state index in [4.69, 9.17) is 21.6 Å². The molecule has 2 aromatic rings. The molecule has 0 saturated carbocycles. The van der Waals surface area contributed by atoms with Crippen LogP contribution in [0.5, 0.6) is 11.5 Å². The van der Waals surface area contributed by atoms with Gasteiger partial charge in [-0.25, -0.2) is 0 Å². The quantitative estimate of drug-likeness (QED) is 0.628. The van der Waals surface area contributed by atoms with Crippen molar-refractivity contribution in [2.75, 3.05) is 0 Å². The van der Waals surface area contributed by atoms with Crippen LogP contribution in [0.25, 0.3) is 0 Å². The lowest BCUT2D eigenvalue weighted by Gasteiger charge is -2.06. The van der Waals surface area contributed by atoms with Crippen LogP contribution in [0.3, 0.4) is 0 Å². The first kappa shape index (κ1) is 12.9. The van der Waals surface area contributed by atoms with Gasteiger partial charge in [-0.2, -0.15) is 5.26 Å². The first-order chi connectivity index (χ1) is 9.10. The van der Waals surface area contributed by atoms with Crippen LogP contribution < -0.4 is 4.74 Å². The van der Waals surface area contributed by atoms with Crippen molar-refractivity contribution in [3.8, 4) is 17.6 Å². The number of nitro groups is 1. The number of nitriles is 1.